The topological polar surface area (TPSA) is 64.3 Å². The smallest absolute Gasteiger partial charge is 0.239 e. The zero-order valence-electron chi connectivity index (χ0n) is 11.3. The van der Waals surface area contributed by atoms with Crippen LogP contribution in [-0.2, 0) is 9.53 Å². The molecular formula is C13H26N2O2. The highest BCUT2D eigenvalue weighted by atomic mass is 16.5. The SMILES string of the molecule is CCNC(C)(COC1CCCCC1C)C(N)=O. The number of nitrogens with two attached hydrogens (primary N) is 1. The van der Waals surface area contributed by atoms with Crippen LogP contribution in [0.25, 0.3) is 0 Å². The van der Waals surface area contributed by atoms with Gasteiger partial charge in [0.05, 0.1) is 12.7 Å². The van der Waals surface area contributed by atoms with Gasteiger partial charge in [0.15, 0.2) is 0 Å². The molecule has 100 valence electrons. The van der Waals surface area contributed by atoms with Crippen LogP contribution in [-0.4, -0.2) is 30.7 Å². The van der Waals surface area contributed by atoms with Crippen molar-refractivity contribution in [3.8, 4) is 0 Å². The van der Waals surface area contributed by atoms with Gasteiger partial charge in [0.2, 0.25) is 5.91 Å². The van der Waals surface area contributed by atoms with E-state index in [9.17, 15) is 4.79 Å². The van der Waals surface area contributed by atoms with Crippen molar-refractivity contribution in [3.05, 3.63) is 0 Å². The Hall–Kier alpha value is -0.610. The van der Waals surface area contributed by atoms with Gasteiger partial charge >= 0.3 is 0 Å². The lowest BCUT2D eigenvalue weighted by atomic mass is 9.88. The highest BCUT2D eigenvalue weighted by Gasteiger charge is 2.32. The Balaban J connectivity index is 2.48. The molecule has 1 saturated carbocycles. The standard InChI is InChI=1S/C13H26N2O2/c1-4-15-13(3,12(14)16)9-17-11-8-6-5-7-10(11)2/h10-11,15H,4-9H2,1-3H3,(H2,14,16). The van der Waals surface area contributed by atoms with Crippen molar-refractivity contribution in [1.29, 1.82) is 0 Å². The third kappa shape index (κ3) is 3.96. The van der Waals surface area contributed by atoms with Crippen LogP contribution in [0.15, 0.2) is 0 Å². The van der Waals surface area contributed by atoms with Crippen LogP contribution in [0, 0.1) is 5.92 Å². The fourth-order valence-electron chi connectivity index (χ4n) is 2.40. The molecule has 17 heavy (non-hydrogen) atoms. The van der Waals surface area contributed by atoms with Crippen LogP contribution < -0.4 is 11.1 Å². The third-order valence-corrected chi connectivity index (χ3v) is 3.73. The minimum atomic E-state index is -0.744. The molecule has 4 heteroatoms. The highest BCUT2D eigenvalue weighted by Crippen LogP contribution is 2.26. The number of nitrogens with one attached hydrogen (secondary N) is 1. The predicted octanol–water partition coefficient (Wildman–Crippen LogP) is 1.44. The second-order valence-electron chi connectivity index (χ2n) is 5.34. The van der Waals surface area contributed by atoms with Gasteiger partial charge in [0, 0.05) is 0 Å². The molecular weight excluding hydrogens is 216 g/mol. The second-order valence-corrected chi connectivity index (χ2v) is 5.34. The fraction of sp³-hybridized carbons (Fsp3) is 0.923. The summed E-state index contributed by atoms with van der Waals surface area (Å²) in [5.74, 6) is 0.241. The fourth-order valence-corrected chi connectivity index (χ4v) is 2.40. The maximum Gasteiger partial charge on any atom is 0.239 e. The molecule has 0 aromatic heterocycles. The number of likely N-dealkylation sites (N-methyl/N-ethyl adjacent to an activating group) is 1. The van der Waals surface area contributed by atoms with E-state index in [1.54, 1.807) is 0 Å². The zero-order chi connectivity index (χ0) is 12.9. The van der Waals surface area contributed by atoms with E-state index in [1.807, 2.05) is 13.8 Å². The Labute approximate surface area is 104 Å². The van der Waals surface area contributed by atoms with Crippen LogP contribution >= 0.6 is 0 Å². The van der Waals surface area contributed by atoms with Crippen LogP contribution in [0.5, 0.6) is 0 Å². The summed E-state index contributed by atoms with van der Waals surface area (Å²) < 4.78 is 5.91. The van der Waals surface area contributed by atoms with Gasteiger partial charge in [-0.15, -0.1) is 0 Å². The maximum absolute atomic E-state index is 11.4. The van der Waals surface area contributed by atoms with E-state index in [-0.39, 0.29) is 12.0 Å². The minimum absolute atomic E-state index is 0.279. The summed E-state index contributed by atoms with van der Waals surface area (Å²) in [6.45, 7) is 7.07. The summed E-state index contributed by atoms with van der Waals surface area (Å²) in [6.07, 6.45) is 5.12. The molecule has 0 heterocycles. The number of carbonyl (C=O) groups is 1. The lowest BCUT2D eigenvalue weighted by molar-refractivity contribution is -0.128. The van der Waals surface area contributed by atoms with Crippen LogP contribution in [0.1, 0.15) is 46.5 Å². The van der Waals surface area contributed by atoms with Gasteiger partial charge in [-0.2, -0.15) is 0 Å². The average molecular weight is 242 g/mol. The number of hydrogen-bond acceptors (Lipinski definition) is 3. The average Bonchev–Trinajstić information content (AvgIpc) is 2.28. The summed E-state index contributed by atoms with van der Waals surface area (Å²) in [5.41, 5.74) is 4.68. The first-order valence-electron chi connectivity index (χ1n) is 6.66. The summed E-state index contributed by atoms with van der Waals surface area (Å²) in [6, 6.07) is 0. The number of rotatable bonds is 6. The summed E-state index contributed by atoms with van der Waals surface area (Å²) in [7, 11) is 0. The molecule has 1 amide bonds. The van der Waals surface area contributed by atoms with Gasteiger partial charge in [-0.25, -0.2) is 0 Å². The van der Waals surface area contributed by atoms with Crippen molar-refractivity contribution in [1.82, 2.24) is 5.32 Å². The van der Waals surface area contributed by atoms with E-state index in [2.05, 4.69) is 12.2 Å². The van der Waals surface area contributed by atoms with E-state index in [0.717, 1.165) is 6.42 Å². The van der Waals surface area contributed by atoms with Crippen LogP contribution in [0.4, 0.5) is 0 Å². The van der Waals surface area contributed by atoms with Crippen molar-refractivity contribution in [2.75, 3.05) is 13.2 Å². The van der Waals surface area contributed by atoms with Crippen molar-refractivity contribution in [3.63, 3.8) is 0 Å². The maximum atomic E-state index is 11.4. The monoisotopic (exact) mass is 242 g/mol. The predicted molar refractivity (Wildman–Crippen MR) is 68.6 cm³/mol. The lowest BCUT2D eigenvalue weighted by Crippen LogP contribution is -2.57. The molecule has 4 nitrogen and oxygen atoms in total. The Morgan fingerprint density at radius 2 is 2.12 bits per heavy atom. The number of carbonyl (C=O) groups excluding carboxylic acids is 1. The van der Waals surface area contributed by atoms with Gasteiger partial charge in [0.1, 0.15) is 5.54 Å². The van der Waals surface area contributed by atoms with E-state index >= 15 is 0 Å². The molecule has 3 unspecified atom stereocenters. The highest BCUT2D eigenvalue weighted by molar-refractivity contribution is 5.84. The molecule has 0 bridgehead atoms. The Morgan fingerprint density at radius 1 is 1.47 bits per heavy atom. The van der Waals surface area contributed by atoms with Crippen LogP contribution in [0.2, 0.25) is 0 Å². The molecule has 3 atom stereocenters. The largest absolute Gasteiger partial charge is 0.375 e. The minimum Gasteiger partial charge on any atom is -0.375 e. The van der Waals surface area contributed by atoms with E-state index < -0.39 is 5.54 Å². The molecule has 1 aliphatic rings. The molecule has 3 N–H and O–H groups in total. The quantitative estimate of drug-likeness (QED) is 0.740. The Bertz CT molecular complexity index is 258. The first kappa shape index (κ1) is 14.5. The molecule has 1 rings (SSSR count). The van der Waals surface area contributed by atoms with Crippen molar-refractivity contribution in [2.45, 2.75) is 58.1 Å². The van der Waals surface area contributed by atoms with Gasteiger partial charge in [0.25, 0.3) is 0 Å². The van der Waals surface area contributed by atoms with Crippen molar-refractivity contribution >= 4 is 5.91 Å². The number of amides is 1. The van der Waals surface area contributed by atoms with Gasteiger partial charge in [-0.3, -0.25) is 4.79 Å². The van der Waals surface area contributed by atoms with Crippen molar-refractivity contribution in [2.24, 2.45) is 11.7 Å². The normalized spacial score (nSPS) is 28.6. The molecule has 1 aliphatic carbocycles. The third-order valence-electron chi connectivity index (χ3n) is 3.73. The van der Waals surface area contributed by atoms with Crippen molar-refractivity contribution < 1.29 is 9.53 Å². The van der Waals surface area contributed by atoms with E-state index in [0.29, 0.717) is 19.1 Å². The Kier molecular flexibility index (Phi) is 5.40. The van der Waals surface area contributed by atoms with Crippen LogP contribution in [0.3, 0.4) is 0 Å². The molecule has 1 fully saturated rings. The summed E-state index contributed by atoms with van der Waals surface area (Å²) >= 11 is 0. The van der Waals surface area contributed by atoms with Gasteiger partial charge < -0.3 is 15.8 Å². The van der Waals surface area contributed by atoms with Gasteiger partial charge in [-0.1, -0.05) is 26.7 Å². The molecule has 0 radical (unpaired) electrons. The molecule has 0 saturated heterocycles. The molecule has 0 aromatic carbocycles. The Morgan fingerprint density at radius 3 is 2.65 bits per heavy atom. The zero-order valence-corrected chi connectivity index (χ0v) is 11.3. The summed E-state index contributed by atoms with van der Waals surface area (Å²) in [4.78, 5) is 11.4. The number of ether oxygens (including phenoxy) is 1. The first-order chi connectivity index (χ1) is 7.99. The molecule has 0 aromatic rings. The first-order valence-corrected chi connectivity index (χ1v) is 6.66. The second kappa shape index (κ2) is 6.36. The number of hydrogen-bond donors (Lipinski definition) is 2. The van der Waals surface area contributed by atoms with E-state index in [4.69, 9.17) is 10.5 Å². The molecule has 0 spiro atoms. The summed E-state index contributed by atoms with van der Waals surface area (Å²) in [5, 5.41) is 3.11. The molecule has 0 aliphatic heterocycles. The number of primary amides is 1. The van der Waals surface area contributed by atoms with E-state index in [1.165, 1.54) is 19.3 Å². The lowest BCUT2D eigenvalue weighted by Gasteiger charge is -2.33. The van der Waals surface area contributed by atoms with Gasteiger partial charge in [-0.05, 0) is 32.2 Å².